The summed E-state index contributed by atoms with van der Waals surface area (Å²) in [6, 6.07) is 14.6. The summed E-state index contributed by atoms with van der Waals surface area (Å²) in [6.45, 7) is 0. The summed E-state index contributed by atoms with van der Waals surface area (Å²) in [7, 11) is 0. The Morgan fingerprint density at radius 1 is 0.929 bits per heavy atom. The molecule has 0 amide bonds. The van der Waals surface area contributed by atoms with Crippen LogP contribution in [0.5, 0.6) is 11.5 Å². The third-order valence-electron chi connectivity index (χ3n) is 2.01. The number of para-hydroxylation sites is 1. The number of aromatic hydroxyl groups is 2. The molecule has 0 saturated heterocycles. The Bertz CT molecular complexity index is 432. The van der Waals surface area contributed by atoms with Gasteiger partial charge in [0, 0.05) is 11.6 Å². The highest BCUT2D eigenvalue weighted by atomic mass is 16.3. The summed E-state index contributed by atoms with van der Waals surface area (Å²) in [5.41, 5.74) is 1.57. The first kappa shape index (κ1) is 8.63. The van der Waals surface area contributed by atoms with Gasteiger partial charge in [0.25, 0.3) is 0 Å². The van der Waals surface area contributed by atoms with Gasteiger partial charge in [0.1, 0.15) is 11.5 Å². The van der Waals surface area contributed by atoms with Crippen LogP contribution in [0.2, 0.25) is 0 Å². The van der Waals surface area contributed by atoms with Crippen LogP contribution in [-0.4, -0.2) is 10.2 Å². The SMILES string of the molecule is Oc1ccc(-c2ccc[c]c2O)cc1. The van der Waals surface area contributed by atoms with Gasteiger partial charge < -0.3 is 10.2 Å². The highest BCUT2D eigenvalue weighted by Crippen LogP contribution is 2.28. The number of hydrogen-bond acceptors (Lipinski definition) is 2. The maximum absolute atomic E-state index is 9.52. The van der Waals surface area contributed by atoms with Crippen molar-refractivity contribution in [3.8, 4) is 22.6 Å². The minimum Gasteiger partial charge on any atom is -0.508 e. The third kappa shape index (κ3) is 1.55. The van der Waals surface area contributed by atoms with Crippen LogP contribution in [0.3, 0.4) is 0 Å². The lowest BCUT2D eigenvalue weighted by atomic mass is 10.0. The van der Waals surface area contributed by atoms with E-state index in [9.17, 15) is 5.11 Å². The van der Waals surface area contributed by atoms with Crippen molar-refractivity contribution in [3.63, 3.8) is 0 Å². The Labute approximate surface area is 82.1 Å². The molecule has 0 aliphatic rings. The van der Waals surface area contributed by atoms with Crippen LogP contribution in [0, 0.1) is 6.07 Å². The first-order valence-electron chi connectivity index (χ1n) is 4.26. The lowest BCUT2D eigenvalue weighted by Gasteiger charge is -2.03. The van der Waals surface area contributed by atoms with Crippen molar-refractivity contribution in [2.24, 2.45) is 0 Å². The van der Waals surface area contributed by atoms with Crippen LogP contribution < -0.4 is 0 Å². The predicted molar refractivity (Wildman–Crippen MR) is 54.0 cm³/mol. The van der Waals surface area contributed by atoms with Crippen molar-refractivity contribution in [3.05, 3.63) is 48.5 Å². The maximum Gasteiger partial charge on any atom is 0.131 e. The molecule has 0 heterocycles. The second-order valence-electron chi connectivity index (χ2n) is 2.98. The van der Waals surface area contributed by atoms with Crippen molar-refractivity contribution in [1.29, 1.82) is 0 Å². The highest BCUT2D eigenvalue weighted by molar-refractivity contribution is 5.69. The zero-order valence-electron chi connectivity index (χ0n) is 7.44. The molecule has 0 atom stereocenters. The smallest absolute Gasteiger partial charge is 0.131 e. The molecule has 0 bridgehead atoms. The summed E-state index contributed by atoms with van der Waals surface area (Å²) in [4.78, 5) is 0. The van der Waals surface area contributed by atoms with E-state index in [-0.39, 0.29) is 11.5 Å². The van der Waals surface area contributed by atoms with Crippen LogP contribution >= 0.6 is 0 Å². The van der Waals surface area contributed by atoms with Gasteiger partial charge in [0.15, 0.2) is 0 Å². The van der Waals surface area contributed by atoms with Gasteiger partial charge in [-0.15, -0.1) is 0 Å². The van der Waals surface area contributed by atoms with E-state index in [2.05, 4.69) is 6.07 Å². The molecule has 2 aromatic rings. The molecule has 0 saturated carbocycles. The first-order chi connectivity index (χ1) is 6.77. The molecule has 0 aromatic heterocycles. The van der Waals surface area contributed by atoms with Gasteiger partial charge in [-0.2, -0.15) is 0 Å². The molecule has 2 N–H and O–H groups in total. The van der Waals surface area contributed by atoms with Crippen LogP contribution in [0.4, 0.5) is 0 Å². The number of hydrogen-bond donors (Lipinski definition) is 2. The maximum atomic E-state index is 9.52. The van der Waals surface area contributed by atoms with Gasteiger partial charge in [0.2, 0.25) is 0 Å². The standard InChI is InChI=1S/C12H9O2/c13-10-7-5-9(6-8-10)11-3-1-2-4-12(11)14/h1-3,5-8,13-14H. The minimum absolute atomic E-state index is 0.123. The van der Waals surface area contributed by atoms with E-state index in [0.29, 0.717) is 5.56 Å². The predicted octanol–water partition coefficient (Wildman–Crippen LogP) is 2.56. The van der Waals surface area contributed by atoms with Gasteiger partial charge in [0.05, 0.1) is 0 Å². The average Bonchev–Trinajstić information content (AvgIpc) is 2.20. The number of rotatable bonds is 1. The van der Waals surface area contributed by atoms with Gasteiger partial charge >= 0.3 is 0 Å². The van der Waals surface area contributed by atoms with E-state index < -0.39 is 0 Å². The minimum atomic E-state index is 0.123. The fourth-order valence-corrected chi connectivity index (χ4v) is 1.30. The molecule has 69 valence electrons. The van der Waals surface area contributed by atoms with Gasteiger partial charge in [-0.05, 0) is 17.7 Å². The Hall–Kier alpha value is -1.96. The monoisotopic (exact) mass is 185 g/mol. The van der Waals surface area contributed by atoms with Crippen molar-refractivity contribution in [2.75, 3.05) is 0 Å². The van der Waals surface area contributed by atoms with Crippen molar-refractivity contribution < 1.29 is 10.2 Å². The largest absolute Gasteiger partial charge is 0.508 e. The lowest BCUT2D eigenvalue weighted by molar-refractivity contribution is 0.473. The Morgan fingerprint density at radius 2 is 1.64 bits per heavy atom. The summed E-state index contributed by atoms with van der Waals surface area (Å²) in [5, 5.41) is 18.6. The molecule has 0 spiro atoms. The van der Waals surface area contributed by atoms with E-state index in [1.165, 1.54) is 0 Å². The second-order valence-corrected chi connectivity index (χ2v) is 2.98. The van der Waals surface area contributed by atoms with Crippen molar-refractivity contribution >= 4 is 0 Å². The Morgan fingerprint density at radius 3 is 2.29 bits per heavy atom. The number of benzene rings is 2. The topological polar surface area (TPSA) is 40.5 Å². The van der Waals surface area contributed by atoms with Gasteiger partial charge in [-0.25, -0.2) is 0 Å². The fraction of sp³-hybridized carbons (Fsp3) is 0. The molecule has 0 unspecified atom stereocenters. The summed E-state index contributed by atoms with van der Waals surface area (Å²) < 4.78 is 0. The molecule has 2 aromatic carbocycles. The molecule has 2 rings (SSSR count). The van der Waals surface area contributed by atoms with Crippen LogP contribution in [0.1, 0.15) is 0 Å². The van der Waals surface area contributed by atoms with E-state index in [1.54, 1.807) is 36.4 Å². The molecule has 2 nitrogen and oxygen atoms in total. The number of phenolic OH excluding ortho intramolecular Hbond substituents is 2. The van der Waals surface area contributed by atoms with E-state index >= 15 is 0 Å². The quantitative estimate of drug-likeness (QED) is 0.716. The van der Waals surface area contributed by atoms with Crippen LogP contribution in [0.25, 0.3) is 11.1 Å². The molecule has 1 radical (unpaired) electrons. The molecular weight excluding hydrogens is 176 g/mol. The first-order valence-corrected chi connectivity index (χ1v) is 4.26. The van der Waals surface area contributed by atoms with Crippen molar-refractivity contribution in [2.45, 2.75) is 0 Å². The second kappa shape index (κ2) is 3.42. The lowest BCUT2D eigenvalue weighted by Crippen LogP contribution is -1.77. The fourth-order valence-electron chi connectivity index (χ4n) is 1.30. The zero-order chi connectivity index (χ0) is 9.97. The summed E-state index contributed by atoms with van der Waals surface area (Å²) in [6.07, 6.45) is 0. The highest BCUT2D eigenvalue weighted by Gasteiger charge is 2.02. The molecule has 0 aliphatic heterocycles. The van der Waals surface area contributed by atoms with Crippen LogP contribution in [0.15, 0.2) is 42.5 Å². The Kier molecular flexibility index (Phi) is 2.11. The average molecular weight is 185 g/mol. The van der Waals surface area contributed by atoms with Crippen molar-refractivity contribution in [1.82, 2.24) is 0 Å². The third-order valence-corrected chi connectivity index (χ3v) is 2.01. The zero-order valence-corrected chi connectivity index (χ0v) is 7.44. The summed E-state index contributed by atoms with van der Waals surface area (Å²) >= 11 is 0. The normalized spacial score (nSPS) is 10.0. The van der Waals surface area contributed by atoms with Gasteiger partial charge in [-0.1, -0.05) is 30.3 Å². The van der Waals surface area contributed by atoms with Gasteiger partial charge in [-0.3, -0.25) is 0 Å². The van der Waals surface area contributed by atoms with E-state index in [4.69, 9.17) is 5.11 Å². The molecule has 14 heavy (non-hydrogen) atoms. The molecule has 0 aliphatic carbocycles. The molecular formula is C12H9O2. The summed E-state index contributed by atoms with van der Waals surface area (Å²) in [5.74, 6) is 0.339. The Balaban J connectivity index is 2.50. The van der Waals surface area contributed by atoms with E-state index in [1.807, 2.05) is 6.07 Å². The van der Waals surface area contributed by atoms with Crippen LogP contribution in [-0.2, 0) is 0 Å². The molecule has 0 fully saturated rings. The number of phenols is 2. The van der Waals surface area contributed by atoms with E-state index in [0.717, 1.165) is 5.56 Å². The molecule has 2 heteroatoms.